The molecule has 1 aromatic carbocycles. The molecule has 0 saturated carbocycles. The normalized spacial score (nSPS) is 11.7. The van der Waals surface area contributed by atoms with E-state index in [1.54, 1.807) is 0 Å². The average Bonchev–Trinajstić information content (AvgIpc) is 2.75. The molecular weight excluding hydrogens is 284 g/mol. The molecule has 1 heterocycles. The van der Waals surface area contributed by atoms with Crippen molar-refractivity contribution in [2.45, 2.75) is 52.7 Å². The van der Waals surface area contributed by atoms with E-state index in [1.807, 2.05) is 0 Å². The summed E-state index contributed by atoms with van der Waals surface area (Å²) in [5.41, 5.74) is 3.54. The minimum absolute atomic E-state index is 0.314. The number of nitrogens with zero attached hydrogens (tertiary/aromatic N) is 2. The fourth-order valence-corrected chi connectivity index (χ4v) is 2.67. The third-order valence-electron chi connectivity index (χ3n) is 3.53. The molecule has 0 radical (unpaired) electrons. The molecule has 0 aliphatic rings. The van der Waals surface area contributed by atoms with Crippen molar-refractivity contribution in [1.29, 1.82) is 0 Å². The Hall–Kier alpha value is -1.06. The smallest absolute Gasteiger partial charge is 0.111 e. The van der Waals surface area contributed by atoms with Crippen LogP contribution in [-0.4, -0.2) is 28.1 Å². The lowest BCUT2D eigenvalue weighted by atomic mass is 10.2. The number of ether oxygens (including phenoxy) is 1. The highest BCUT2D eigenvalue weighted by atomic mass is 35.5. The molecule has 0 aliphatic carbocycles. The van der Waals surface area contributed by atoms with Gasteiger partial charge in [0.25, 0.3) is 0 Å². The van der Waals surface area contributed by atoms with Crippen molar-refractivity contribution in [3.63, 3.8) is 0 Å². The van der Waals surface area contributed by atoms with Crippen molar-refractivity contribution >= 4 is 22.6 Å². The van der Waals surface area contributed by atoms with Crippen LogP contribution in [0.3, 0.4) is 0 Å². The monoisotopic (exact) mass is 308 g/mol. The molecule has 116 valence electrons. The second-order valence-corrected chi connectivity index (χ2v) is 6.12. The number of rotatable bonds is 8. The van der Waals surface area contributed by atoms with Crippen LogP contribution >= 0.6 is 11.6 Å². The first kappa shape index (κ1) is 16.3. The van der Waals surface area contributed by atoms with Gasteiger partial charge in [-0.05, 0) is 51.3 Å². The first-order chi connectivity index (χ1) is 10.1. The van der Waals surface area contributed by atoms with Crippen molar-refractivity contribution in [2.75, 3.05) is 12.5 Å². The topological polar surface area (TPSA) is 27.1 Å². The molecule has 0 N–H and O–H groups in total. The number of fused-ring (bicyclic) bond motifs is 1. The van der Waals surface area contributed by atoms with Gasteiger partial charge in [-0.15, -0.1) is 11.6 Å². The fraction of sp³-hybridized carbons (Fsp3) is 0.588. The van der Waals surface area contributed by atoms with Gasteiger partial charge >= 0.3 is 0 Å². The number of hydrogen-bond donors (Lipinski definition) is 0. The molecule has 0 amide bonds. The Kier molecular flexibility index (Phi) is 6.07. The second kappa shape index (κ2) is 7.81. The summed E-state index contributed by atoms with van der Waals surface area (Å²) in [6, 6.07) is 6.46. The Morgan fingerprint density at radius 3 is 2.81 bits per heavy atom. The summed E-state index contributed by atoms with van der Waals surface area (Å²) in [7, 11) is 0. The summed E-state index contributed by atoms with van der Waals surface area (Å²) in [6.45, 7) is 8.05. The Morgan fingerprint density at radius 2 is 2.10 bits per heavy atom. The van der Waals surface area contributed by atoms with Crippen LogP contribution in [0, 0.1) is 6.92 Å². The van der Waals surface area contributed by atoms with E-state index in [1.165, 1.54) is 11.1 Å². The zero-order chi connectivity index (χ0) is 15.2. The van der Waals surface area contributed by atoms with Crippen molar-refractivity contribution in [2.24, 2.45) is 0 Å². The highest BCUT2D eigenvalue weighted by Crippen LogP contribution is 2.19. The molecule has 0 atom stereocenters. The molecule has 0 spiro atoms. The Morgan fingerprint density at radius 1 is 1.29 bits per heavy atom. The first-order valence-corrected chi connectivity index (χ1v) is 8.28. The zero-order valence-electron chi connectivity index (χ0n) is 13.2. The Balaban J connectivity index is 2.07. The van der Waals surface area contributed by atoms with E-state index in [2.05, 4.69) is 43.5 Å². The minimum Gasteiger partial charge on any atom is -0.379 e. The molecule has 2 aromatic rings. The maximum absolute atomic E-state index is 5.91. The quantitative estimate of drug-likeness (QED) is 0.536. The number of benzene rings is 1. The Bertz CT molecular complexity index is 577. The van der Waals surface area contributed by atoms with Gasteiger partial charge in [-0.25, -0.2) is 4.98 Å². The summed E-state index contributed by atoms with van der Waals surface area (Å²) < 4.78 is 7.91. The molecule has 1 aromatic heterocycles. The van der Waals surface area contributed by atoms with Gasteiger partial charge in [0.1, 0.15) is 5.82 Å². The highest BCUT2D eigenvalue weighted by Gasteiger charge is 2.10. The standard InChI is InChI=1S/C17H25ClN2O/c1-13(2)21-11-5-4-10-20-16-7-6-14(3)12-15(16)19-17(20)8-9-18/h6-7,12-13H,4-5,8-11H2,1-3H3. The van der Waals surface area contributed by atoms with E-state index in [0.717, 1.165) is 43.8 Å². The summed E-state index contributed by atoms with van der Waals surface area (Å²) in [4.78, 5) is 4.74. The second-order valence-electron chi connectivity index (χ2n) is 5.74. The molecule has 4 heteroatoms. The molecule has 0 bridgehead atoms. The van der Waals surface area contributed by atoms with Gasteiger partial charge in [0.15, 0.2) is 0 Å². The van der Waals surface area contributed by atoms with E-state index in [9.17, 15) is 0 Å². The summed E-state index contributed by atoms with van der Waals surface area (Å²) >= 11 is 5.91. The molecule has 0 saturated heterocycles. The lowest BCUT2D eigenvalue weighted by molar-refractivity contribution is 0.0754. The van der Waals surface area contributed by atoms with Crippen LogP contribution in [0.4, 0.5) is 0 Å². The van der Waals surface area contributed by atoms with Crippen molar-refractivity contribution in [3.05, 3.63) is 29.6 Å². The maximum Gasteiger partial charge on any atom is 0.111 e. The average molecular weight is 309 g/mol. The van der Waals surface area contributed by atoms with Crippen LogP contribution in [0.1, 0.15) is 38.1 Å². The first-order valence-electron chi connectivity index (χ1n) is 7.75. The van der Waals surface area contributed by atoms with Gasteiger partial charge in [0, 0.05) is 25.5 Å². The number of unbranched alkanes of at least 4 members (excludes halogenated alkanes) is 1. The number of hydrogen-bond acceptors (Lipinski definition) is 2. The van der Waals surface area contributed by atoms with Crippen molar-refractivity contribution in [1.82, 2.24) is 9.55 Å². The van der Waals surface area contributed by atoms with Crippen LogP contribution in [0.5, 0.6) is 0 Å². The predicted octanol–water partition coefficient (Wildman–Crippen LogP) is 4.33. The zero-order valence-corrected chi connectivity index (χ0v) is 14.0. The molecule has 3 nitrogen and oxygen atoms in total. The van der Waals surface area contributed by atoms with Gasteiger partial charge in [-0.2, -0.15) is 0 Å². The summed E-state index contributed by atoms with van der Waals surface area (Å²) in [5, 5.41) is 0. The molecule has 0 fully saturated rings. The van der Waals surface area contributed by atoms with Gasteiger partial charge in [0.05, 0.1) is 17.1 Å². The summed E-state index contributed by atoms with van der Waals surface area (Å²) in [5.74, 6) is 1.70. The third-order valence-corrected chi connectivity index (χ3v) is 3.72. The number of aromatic nitrogens is 2. The lowest BCUT2D eigenvalue weighted by Gasteiger charge is -2.10. The predicted molar refractivity (Wildman–Crippen MR) is 89.2 cm³/mol. The van der Waals surface area contributed by atoms with Crippen LogP contribution in [0.2, 0.25) is 0 Å². The summed E-state index contributed by atoms with van der Waals surface area (Å²) in [6.07, 6.45) is 3.30. The maximum atomic E-state index is 5.91. The van der Waals surface area contributed by atoms with Crippen LogP contribution in [-0.2, 0) is 17.7 Å². The minimum atomic E-state index is 0.314. The van der Waals surface area contributed by atoms with E-state index in [-0.39, 0.29) is 0 Å². The van der Waals surface area contributed by atoms with E-state index in [4.69, 9.17) is 21.3 Å². The van der Waals surface area contributed by atoms with Crippen molar-refractivity contribution < 1.29 is 4.74 Å². The Labute approximate surface area is 132 Å². The van der Waals surface area contributed by atoms with E-state index in [0.29, 0.717) is 12.0 Å². The van der Waals surface area contributed by atoms with Gasteiger partial charge < -0.3 is 9.30 Å². The molecular formula is C17H25ClN2O. The highest BCUT2D eigenvalue weighted by molar-refractivity contribution is 6.17. The SMILES string of the molecule is Cc1ccc2c(c1)nc(CCCl)n2CCCCOC(C)C. The van der Waals surface area contributed by atoms with Crippen LogP contribution in [0.15, 0.2) is 18.2 Å². The van der Waals surface area contributed by atoms with Crippen LogP contribution in [0.25, 0.3) is 11.0 Å². The van der Waals surface area contributed by atoms with E-state index < -0.39 is 0 Å². The fourth-order valence-electron chi connectivity index (χ4n) is 2.51. The third kappa shape index (κ3) is 4.45. The van der Waals surface area contributed by atoms with Gasteiger partial charge in [0.2, 0.25) is 0 Å². The molecule has 21 heavy (non-hydrogen) atoms. The number of imidazole rings is 1. The lowest BCUT2D eigenvalue weighted by Crippen LogP contribution is -2.08. The molecule has 2 rings (SSSR count). The van der Waals surface area contributed by atoms with E-state index >= 15 is 0 Å². The van der Waals surface area contributed by atoms with Gasteiger partial charge in [-0.3, -0.25) is 0 Å². The molecule has 0 aliphatic heterocycles. The van der Waals surface area contributed by atoms with Crippen molar-refractivity contribution in [3.8, 4) is 0 Å². The molecule has 0 unspecified atom stereocenters. The largest absolute Gasteiger partial charge is 0.379 e. The van der Waals surface area contributed by atoms with Crippen LogP contribution < -0.4 is 0 Å². The number of alkyl halides is 1. The number of aryl methyl sites for hydroxylation is 3. The number of halogens is 1. The van der Waals surface area contributed by atoms with Gasteiger partial charge in [-0.1, -0.05) is 6.07 Å².